The van der Waals surface area contributed by atoms with Crippen molar-refractivity contribution in [1.29, 1.82) is 0 Å². The van der Waals surface area contributed by atoms with Gasteiger partial charge < -0.3 is 20.4 Å². The van der Waals surface area contributed by atoms with Crippen molar-refractivity contribution in [2.45, 2.75) is 49.7 Å². The summed E-state index contributed by atoms with van der Waals surface area (Å²) in [6.45, 7) is 0.575. The molecule has 6 nitrogen and oxygen atoms in total. The van der Waals surface area contributed by atoms with Crippen LogP contribution in [0.15, 0.2) is 48.5 Å². The van der Waals surface area contributed by atoms with Crippen molar-refractivity contribution in [2.75, 3.05) is 39.9 Å². The molecule has 2 aromatic rings. The molecule has 3 N–H and O–H groups in total. The van der Waals surface area contributed by atoms with Gasteiger partial charge in [0.05, 0.1) is 30.4 Å². The quantitative estimate of drug-likeness (QED) is 0.384. The van der Waals surface area contributed by atoms with Gasteiger partial charge in [-0.25, -0.2) is 0 Å². The van der Waals surface area contributed by atoms with E-state index in [9.17, 15) is 41.4 Å². The van der Waals surface area contributed by atoms with Crippen LogP contribution in [0, 0.1) is 0 Å². The van der Waals surface area contributed by atoms with E-state index in [1.54, 1.807) is 30.3 Å². The first-order valence-electron chi connectivity index (χ1n) is 12.6. The largest absolute Gasteiger partial charge is 0.416 e. The van der Waals surface area contributed by atoms with Crippen molar-refractivity contribution in [3.05, 3.63) is 70.8 Å². The third kappa shape index (κ3) is 8.41. The Balaban J connectivity index is 1.75. The molecule has 1 amide bonds. The van der Waals surface area contributed by atoms with E-state index in [0.717, 1.165) is 5.56 Å². The standard InChI is InChI=1S/C27H33F6N3O3/c1-35(10-7-18-13-20(26(28,29)30)15-21(14-18)27(31,32)33)25(39)24(19-5-3-2-4-6-19)36-11-8-22(9-12-36)34-23(16-37)17-38/h2-6,13-15,22-24,34,37-38H,7-12,16-17H2,1H3/t24-/m0/s1. The fourth-order valence-corrected chi connectivity index (χ4v) is 4.75. The highest BCUT2D eigenvalue weighted by Crippen LogP contribution is 2.36. The van der Waals surface area contributed by atoms with Crippen LogP contribution < -0.4 is 5.32 Å². The number of aliphatic hydroxyl groups excluding tert-OH is 2. The van der Waals surface area contributed by atoms with Gasteiger partial charge in [0.2, 0.25) is 5.91 Å². The number of likely N-dealkylation sites (N-methyl/N-ethyl adjacent to an activating group) is 1. The second-order valence-electron chi connectivity index (χ2n) is 9.78. The maximum atomic E-state index is 13.6. The van der Waals surface area contributed by atoms with Gasteiger partial charge in [0.25, 0.3) is 0 Å². The number of rotatable bonds is 10. The van der Waals surface area contributed by atoms with Crippen LogP contribution in [0.4, 0.5) is 26.3 Å². The molecule has 0 radical (unpaired) electrons. The van der Waals surface area contributed by atoms with Crippen molar-refractivity contribution < 1.29 is 41.4 Å². The molecule has 1 heterocycles. The maximum Gasteiger partial charge on any atom is 0.416 e. The number of benzene rings is 2. The van der Waals surface area contributed by atoms with E-state index >= 15 is 0 Å². The number of alkyl halides is 6. The SMILES string of the molecule is CN(CCc1cc(C(F)(F)F)cc(C(F)(F)F)c1)C(=O)[C@H](c1ccccc1)N1CCC(NC(CO)CO)CC1. The lowest BCUT2D eigenvalue weighted by atomic mass is 9.97. The van der Waals surface area contributed by atoms with Gasteiger partial charge in [-0.1, -0.05) is 30.3 Å². The molecule has 216 valence electrons. The molecule has 0 aromatic heterocycles. The van der Waals surface area contributed by atoms with Crippen molar-refractivity contribution in [3.8, 4) is 0 Å². The molecule has 0 spiro atoms. The number of likely N-dealkylation sites (tertiary alicyclic amines) is 1. The Morgan fingerprint density at radius 3 is 2.00 bits per heavy atom. The van der Waals surface area contributed by atoms with E-state index in [-0.39, 0.29) is 49.8 Å². The number of nitrogens with one attached hydrogen (secondary N) is 1. The highest BCUT2D eigenvalue weighted by Gasteiger charge is 2.37. The minimum absolute atomic E-state index is 0.0403. The lowest BCUT2D eigenvalue weighted by Crippen LogP contribution is -2.51. The average Bonchev–Trinajstić information content (AvgIpc) is 2.90. The lowest BCUT2D eigenvalue weighted by Gasteiger charge is -2.39. The van der Waals surface area contributed by atoms with Crippen molar-refractivity contribution in [3.63, 3.8) is 0 Å². The van der Waals surface area contributed by atoms with Gasteiger partial charge in [-0.3, -0.25) is 9.69 Å². The molecular formula is C27H33F6N3O3. The molecule has 0 unspecified atom stereocenters. The Kier molecular flexibility index (Phi) is 10.4. The first-order valence-corrected chi connectivity index (χ1v) is 12.6. The number of piperidine rings is 1. The van der Waals surface area contributed by atoms with E-state index in [1.165, 1.54) is 11.9 Å². The molecule has 1 fully saturated rings. The zero-order chi connectivity index (χ0) is 28.8. The molecule has 0 bridgehead atoms. The van der Waals surface area contributed by atoms with E-state index in [2.05, 4.69) is 5.32 Å². The molecule has 0 aliphatic carbocycles. The Hall–Kier alpha value is -2.67. The van der Waals surface area contributed by atoms with E-state index < -0.39 is 35.6 Å². The van der Waals surface area contributed by atoms with Gasteiger partial charge >= 0.3 is 12.4 Å². The fraction of sp³-hybridized carbons (Fsp3) is 0.519. The van der Waals surface area contributed by atoms with Gasteiger partial charge in [-0.15, -0.1) is 0 Å². The second-order valence-corrected chi connectivity index (χ2v) is 9.78. The fourth-order valence-electron chi connectivity index (χ4n) is 4.75. The zero-order valence-electron chi connectivity index (χ0n) is 21.5. The van der Waals surface area contributed by atoms with Crippen LogP contribution >= 0.6 is 0 Å². The van der Waals surface area contributed by atoms with Crippen molar-refractivity contribution in [2.24, 2.45) is 0 Å². The number of carbonyl (C=O) groups excluding carboxylic acids is 1. The molecule has 1 aliphatic heterocycles. The maximum absolute atomic E-state index is 13.6. The van der Waals surface area contributed by atoms with E-state index in [4.69, 9.17) is 0 Å². The third-order valence-corrected chi connectivity index (χ3v) is 6.92. The molecule has 1 saturated heterocycles. The molecule has 1 aliphatic rings. The van der Waals surface area contributed by atoms with Gasteiger partial charge in [0.15, 0.2) is 0 Å². The first-order chi connectivity index (χ1) is 18.3. The molecular weight excluding hydrogens is 528 g/mol. The van der Waals surface area contributed by atoms with Crippen LogP contribution in [0.1, 0.15) is 41.1 Å². The van der Waals surface area contributed by atoms with Gasteiger partial charge in [0, 0.05) is 32.7 Å². The Labute approximate surface area is 223 Å². The summed E-state index contributed by atoms with van der Waals surface area (Å²) in [6, 6.07) is 9.37. The topological polar surface area (TPSA) is 76.0 Å². The number of halogens is 6. The third-order valence-electron chi connectivity index (χ3n) is 6.92. The van der Waals surface area contributed by atoms with Gasteiger partial charge in [-0.2, -0.15) is 26.3 Å². The summed E-state index contributed by atoms with van der Waals surface area (Å²) >= 11 is 0. The molecule has 0 saturated carbocycles. The molecule has 1 atom stereocenters. The minimum Gasteiger partial charge on any atom is -0.395 e. The number of carbonyl (C=O) groups is 1. The van der Waals surface area contributed by atoms with Crippen LogP contribution in [0.2, 0.25) is 0 Å². The highest BCUT2D eigenvalue weighted by molar-refractivity contribution is 5.83. The number of amides is 1. The van der Waals surface area contributed by atoms with Gasteiger partial charge in [-0.05, 0) is 48.6 Å². The summed E-state index contributed by atoms with van der Waals surface area (Å²) in [4.78, 5) is 16.9. The zero-order valence-corrected chi connectivity index (χ0v) is 21.5. The molecule has 12 heteroatoms. The lowest BCUT2D eigenvalue weighted by molar-refractivity contribution is -0.143. The summed E-state index contributed by atoms with van der Waals surface area (Å²) in [5.41, 5.74) is -2.21. The van der Waals surface area contributed by atoms with Crippen LogP contribution in [-0.2, 0) is 23.6 Å². The molecule has 3 rings (SSSR count). The molecule has 2 aromatic carbocycles. The second kappa shape index (κ2) is 13.1. The Morgan fingerprint density at radius 2 is 1.51 bits per heavy atom. The van der Waals surface area contributed by atoms with Gasteiger partial charge in [0.1, 0.15) is 6.04 Å². The predicted octanol–water partition coefficient (Wildman–Crippen LogP) is 3.87. The number of hydrogen-bond donors (Lipinski definition) is 3. The summed E-state index contributed by atoms with van der Waals surface area (Å²) < 4.78 is 79.4. The summed E-state index contributed by atoms with van der Waals surface area (Å²) in [5, 5.41) is 21.8. The van der Waals surface area contributed by atoms with Crippen LogP contribution in [0.25, 0.3) is 0 Å². The molecule has 39 heavy (non-hydrogen) atoms. The highest BCUT2D eigenvalue weighted by atomic mass is 19.4. The first kappa shape index (κ1) is 30.9. The average molecular weight is 562 g/mol. The normalized spacial score (nSPS) is 16.5. The summed E-state index contributed by atoms with van der Waals surface area (Å²) in [6.07, 6.45) is -8.76. The predicted molar refractivity (Wildman–Crippen MR) is 133 cm³/mol. The van der Waals surface area contributed by atoms with Crippen LogP contribution in [0.3, 0.4) is 0 Å². The Bertz CT molecular complexity index is 1040. The number of aliphatic hydroxyl groups is 2. The monoisotopic (exact) mass is 561 g/mol. The van der Waals surface area contributed by atoms with E-state index in [0.29, 0.717) is 38.1 Å². The van der Waals surface area contributed by atoms with Crippen LogP contribution in [0.5, 0.6) is 0 Å². The van der Waals surface area contributed by atoms with Crippen LogP contribution in [-0.4, -0.2) is 77.9 Å². The summed E-state index contributed by atoms with van der Waals surface area (Å²) in [7, 11) is 1.48. The number of hydrogen-bond acceptors (Lipinski definition) is 5. The minimum atomic E-state index is -4.94. The van der Waals surface area contributed by atoms with Crippen molar-refractivity contribution in [1.82, 2.24) is 15.1 Å². The Morgan fingerprint density at radius 1 is 0.974 bits per heavy atom. The smallest absolute Gasteiger partial charge is 0.395 e. The summed E-state index contributed by atoms with van der Waals surface area (Å²) in [5.74, 6) is -0.320. The van der Waals surface area contributed by atoms with E-state index in [1.807, 2.05) is 4.90 Å². The number of nitrogens with zero attached hydrogens (tertiary/aromatic N) is 2. The van der Waals surface area contributed by atoms with Crippen molar-refractivity contribution >= 4 is 5.91 Å².